The molecule has 44 valence electrons. The van der Waals surface area contributed by atoms with Crippen LogP contribution in [-0.4, -0.2) is 0 Å². The Morgan fingerprint density at radius 2 is 2.38 bits per heavy atom. The van der Waals surface area contributed by atoms with Crippen molar-refractivity contribution in [1.82, 2.24) is 0 Å². The number of rotatable bonds is 0. The Morgan fingerprint density at radius 1 is 1.50 bits per heavy atom. The monoisotopic (exact) mass is 108 g/mol. The van der Waals surface area contributed by atoms with Gasteiger partial charge in [-0.15, -0.1) is 0 Å². The minimum Gasteiger partial charge on any atom is -0.0663 e. The van der Waals surface area contributed by atoms with Crippen molar-refractivity contribution in [2.24, 2.45) is 5.92 Å². The van der Waals surface area contributed by atoms with Crippen molar-refractivity contribution in [3.8, 4) is 0 Å². The van der Waals surface area contributed by atoms with Crippen LogP contribution in [0.2, 0.25) is 0 Å². The summed E-state index contributed by atoms with van der Waals surface area (Å²) >= 11 is 0. The quantitative estimate of drug-likeness (QED) is 0.418. The predicted octanol–water partition coefficient (Wildman–Crippen LogP) is 2.51. The van der Waals surface area contributed by atoms with Gasteiger partial charge in [0, 0.05) is 0 Å². The Kier molecular flexibility index (Phi) is 0.787. The molecule has 0 saturated heterocycles. The molecule has 0 fully saturated rings. The fourth-order valence-corrected chi connectivity index (χ4v) is 1.75. The molecule has 0 aliphatic heterocycles. The van der Waals surface area contributed by atoms with Crippen LogP contribution >= 0.6 is 0 Å². The van der Waals surface area contributed by atoms with Gasteiger partial charge >= 0.3 is 0 Å². The van der Waals surface area contributed by atoms with E-state index in [9.17, 15) is 0 Å². The topological polar surface area (TPSA) is 0 Å². The summed E-state index contributed by atoms with van der Waals surface area (Å²) in [4.78, 5) is 0. The van der Waals surface area contributed by atoms with Gasteiger partial charge in [0.2, 0.25) is 0 Å². The van der Waals surface area contributed by atoms with Crippen molar-refractivity contribution in [2.45, 2.75) is 32.6 Å². The van der Waals surface area contributed by atoms with Crippen molar-refractivity contribution >= 4 is 0 Å². The van der Waals surface area contributed by atoms with Crippen LogP contribution in [0.1, 0.15) is 32.6 Å². The van der Waals surface area contributed by atoms with E-state index in [1.54, 1.807) is 11.1 Å². The molecule has 0 spiro atoms. The van der Waals surface area contributed by atoms with E-state index in [1.807, 2.05) is 0 Å². The predicted molar refractivity (Wildman–Crippen MR) is 34.7 cm³/mol. The van der Waals surface area contributed by atoms with E-state index >= 15 is 0 Å². The number of allylic oxidation sites excluding steroid dienone is 2. The molecule has 0 saturated carbocycles. The Hall–Kier alpha value is -0.260. The Bertz CT molecular complexity index is 142. The summed E-state index contributed by atoms with van der Waals surface area (Å²) in [6, 6.07) is 0. The second kappa shape index (κ2) is 1.37. The molecule has 0 N–H and O–H groups in total. The van der Waals surface area contributed by atoms with E-state index in [4.69, 9.17) is 0 Å². The summed E-state index contributed by atoms with van der Waals surface area (Å²) in [6.07, 6.45) is 5.75. The standard InChI is InChI=1S/C8H12/c1-6-3-2-4-7-5-8(6)7/h6H,2-5H2,1H3. The largest absolute Gasteiger partial charge is 0.0663 e. The van der Waals surface area contributed by atoms with Crippen LogP contribution in [-0.2, 0) is 0 Å². The van der Waals surface area contributed by atoms with Gasteiger partial charge in [0.1, 0.15) is 0 Å². The fourth-order valence-electron chi connectivity index (χ4n) is 1.75. The van der Waals surface area contributed by atoms with Crippen molar-refractivity contribution in [2.75, 3.05) is 0 Å². The van der Waals surface area contributed by atoms with Crippen LogP contribution in [0.15, 0.2) is 11.1 Å². The first-order valence-electron chi connectivity index (χ1n) is 3.58. The second-order valence-electron chi connectivity index (χ2n) is 3.10. The van der Waals surface area contributed by atoms with Crippen LogP contribution in [0, 0.1) is 5.92 Å². The lowest BCUT2D eigenvalue weighted by Crippen LogP contribution is -1.93. The third kappa shape index (κ3) is 0.521. The summed E-state index contributed by atoms with van der Waals surface area (Å²) in [7, 11) is 0. The van der Waals surface area contributed by atoms with E-state index in [2.05, 4.69) is 6.92 Å². The highest BCUT2D eigenvalue weighted by molar-refractivity contribution is 5.38. The molecule has 0 heterocycles. The average Bonchev–Trinajstić information content (AvgIpc) is 2.45. The van der Waals surface area contributed by atoms with E-state index < -0.39 is 0 Å². The van der Waals surface area contributed by atoms with Crippen molar-refractivity contribution < 1.29 is 0 Å². The summed E-state index contributed by atoms with van der Waals surface area (Å²) in [5.74, 6) is 0.957. The average molecular weight is 108 g/mol. The van der Waals surface area contributed by atoms with Gasteiger partial charge in [-0.3, -0.25) is 0 Å². The van der Waals surface area contributed by atoms with Gasteiger partial charge in [-0.2, -0.15) is 0 Å². The summed E-state index contributed by atoms with van der Waals surface area (Å²) in [6.45, 7) is 2.36. The lowest BCUT2D eigenvalue weighted by atomic mass is 9.98. The fraction of sp³-hybridized carbons (Fsp3) is 0.750. The number of hydrogen-bond donors (Lipinski definition) is 0. The zero-order valence-electron chi connectivity index (χ0n) is 5.41. The highest BCUT2D eigenvalue weighted by Gasteiger charge is 2.28. The minimum atomic E-state index is 0.957. The van der Waals surface area contributed by atoms with Crippen molar-refractivity contribution in [3.05, 3.63) is 11.1 Å². The molecule has 2 aliphatic carbocycles. The molecule has 0 aromatic heterocycles. The lowest BCUT2D eigenvalue weighted by molar-refractivity contribution is 0.581. The van der Waals surface area contributed by atoms with E-state index in [0.717, 1.165) is 5.92 Å². The van der Waals surface area contributed by atoms with Gasteiger partial charge < -0.3 is 0 Å². The minimum absolute atomic E-state index is 0.957. The molecule has 0 aromatic carbocycles. The van der Waals surface area contributed by atoms with Crippen LogP contribution in [0.4, 0.5) is 0 Å². The highest BCUT2D eigenvalue weighted by Crippen LogP contribution is 2.46. The molecular formula is C8H12. The van der Waals surface area contributed by atoms with Gasteiger partial charge in [-0.1, -0.05) is 18.1 Å². The summed E-state index contributed by atoms with van der Waals surface area (Å²) < 4.78 is 0. The van der Waals surface area contributed by atoms with Crippen LogP contribution in [0.25, 0.3) is 0 Å². The normalized spacial score (nSPS) is 34.9. The van der Waals surface area contributed by atoms with Gasteiger partial charge in [0.05, 0.1) is 0 Å². The molecule has 0 amide bonds. The maximum Gasteiger partial charge on any atom is -0.0100 e. The first kappa shape index (κ1) is 4.60. The smallest absolute Gasteiger partial charge is 0.0100 e. The molecule has 8 heavy (non-hydrogen) atoms. The molecule has 2 rings (SSSR count). The molecule has 0 radical (unpaired) electrons. The molecule has 0 heteroatoms. The first-order chi connectivity index (χ1) is 3.88. The number of hydrogen-bond acceptors (Lipinski definition) is 0. The maximum atomic E-state index is 2.36. The Labute approximate surface area is 50.6 Å². The molecular weight excluding hydrogens is 96.1 g/mol. The maximum absolute atomic E-state index is 2.36. The first-order valence-corrected chi connectivity index (χ1v) is 3.58. The van der Waals surface area contributed by atoms with E-state index in [1.165, 1.54) is 25.7 Å². The molecule has 1 atom stereocenters. The van der Waals surface area contributed by atoms with Gasteiger partial charge in [0.15, 0.2) is 0 Å². The molecule has 0 nitrogen and oxygen atoms in total. The molecule has 0 bridgehead atoms. The highest BCUT2D eigenvalue weighted by atomic mass is 14.3. The summed E-state index contributed by atoms with van der Waals surface area (Å²) in [5.41, 5.74) is 3.60. The van der Waals surface area contributed by atoms with E-state index in [0.29, 0.717) is 0 Å². The zero-order valence-corrected chi connectivity index (χ0v) is 5.41. The Balaban J connectivity index is 2.17. The van der Waals surface area contributed by atoms with Crippen molar-refractivity contribution in [1.29, 1.82) is 0 Å². The van der Waals surface area contributed by atoms with Crippen LogP contribution in [0.3, 0.4) is 0 Å². The molecule has 1 unspecified atom stereocenters. The molecule has 2 aliphatic rings. The second-order valence-corrected chi connectivity index (χ2v) is 3.10. The SMILES string of the molecule is CC1CCCC2=C1C2. The van der Waals surface area contributed by atoms with Crippen LogP contribution in [0.5, 0.6) is 0 Å². The van der Waals surface area contributed by atoms with Crippen molar-refractivity contribution in [3.63, 3.8) is 0 Å². The third-order valence-corrected chi connectivity index (χ3v) is 2.44. The lowest BCUT2D eigenvalue weighted by Gasteiger charge is -2.08. The molecule has 0 aromatic rings. The van der Waals surface area contributed by atoms with Gasteiger partial charge in [-0.05, 0) is 31.6 Å². The Morgan fingerprint density at radius 3 is 3.00 bits per heavy atom. The van der Waals surface area contributed by atoms with E-state index in [-0.39, 0.29) is 0 Å². The third-order valence-electron chi connectivity index (χ3n) is 2.44. The van der Waals surface area contributed by atoms with Gasteiger partial charge in [-0.25, -0.2) is 0 Å². The zero-order chi connectivity index (χ0) is 5.56. The van der Waals surface area contributed by atoms with Gasteiger partial charge in [0.25, 0.3) is 0 Å². The van der Waals surface area contributed by atoms with Crippen LogP contribution < -0.4 is 0 Å². The summed E-state index contributed by atoms with van der Waals surface area (Å²) in [5, 5.41) is 0.